The van der Waals surface area contributed by atoms with Crippen molar-refractivity contribution in [2.24, 2.45) is 0 Å². The third kappa shape index (κ3) is 2.07. The van der Waals surface area contributed by atoms with Crippen LogP contribution in [0.1, 0.15) is 12.7 Å². The molecule has 12 heavy (non-hydrogen) atoms. The van der Waals surface area contributed by atoms with Gasteiger partial charge in [-0.05, 0) is 6.92 Å². The van der Waals surface area contributed by atoms with Crippen molar-refractivity contribution in [3.8, 4) is 0 Å². The lowest BCUT2D eigenvalue weighted by Crippen LogP contribution is -2.07. The summed E-state index contributed by atoms with van der Waals surface area (Å²) in [5.41, 5.74) is 0. The third-order valence-electron chi connectivity index (χ3n) is 1.01. The van der Waals surface area contributed by atoms with Gasteiger partial charge >= 0.3 is 6.18 Å². The number of nitrogens with one attached hydrogen (secondary N) is 1. The highest BCUT2D eigenvalue weighted by Gasteiger charge is 2.35. The zero-order valence-corrected chi connectivity index (χ0v) is 6.96. The van der Waals surface area contributed by atoms with Crippen LogP contribution < -0.4 is 5.32 Å². The largest absolute Gasteiger partial charge is 0.452 e. The molecule has 0 atom stereocenters. The summed E-state index contributed by atoms with van der Waals surface area (Å²) in [5, 5.41) is 2.84. The SMILES string of the molecule is CCNc1nc(C(F)(F)F)ns1. The van der Waals surface area contributed by atoms with Gasteiger partial charge in [-0.15, -0.1) is 0 Å². The molecular formula is C5H6F3N3S. The molecule has 0 saturated heterocycles. The van der Waals surface area contributed by atoms with Crippen molar-refractivity contribution in [1.82, 2.24) is 9.36 Å². The van der Waals surface area contributed by atoms with E-state index in [1.807, 2.05) is 0 Å². The summed E-state index contributed by atoms with van der Waals surface area (Å²) < 4.78 is 38.8. The lowest BCUT2D eigenvalue weighted by molar-refractivity contribution is -0.144. The van der Waals surface area contributed by atoms with Gasteiger partial charge in [0.2, 0.25) is 11.0 Å². The topological polar surface area (TPSA) is 37.8 Å². The lowest BCUT2D eigenvalue weighted by atomic mass is 10.6. The summed E-state index contributed by atoms with van der Waals surface area (Å²) in [6.45, 7) is 2.31. The smallest absolute Gasteiger partial charge is 0.361 e. The first-order chi connectivity index (χ1) is 5.54. The van der Waals surface area contributed by atoms with Crippen molar-refractivity contribution in [3.05, 3.63) is 5.82 Å². The molecule has 1 aromatic rings. The van der Waals surface area contributed by atoms with E-state index >= 15 is 0 Å². The van der Waals surface area contributed by atoms with Gasteiger partial charge in [0.25, 0.3) is 0 Å². The zero-order valence-electron chi connectivity index (χ0n) is 6.14. The van der Waals surface area contributed by atoms with Gasteiger partial charge < -0.3 is 5.32 Å². The van der Waals surface area contributed by atoms with Crippen LogP contribution in [0.15, 0.2) is 0 Å². The van der Waals surface area contributed by atoms with Gasteiger partial charge in [0, 0.05) is 18.1 Å². The quantitative estimate of drug-likeness (QED) is 0.787. The molecule has 0 aliphatic carbocycles. The number of aromatic nitrogens is 2. The molecule has 0 radical (unpaired) electrons. The van der Waals surface area contributed by atoms with E-state index in [2.05, 4.69) is 14.7 Å². The molecule has 0 aliphatic rings. The van der Waals surface area contributed by atoms with E-state index in [-0.39, 0.29) is 5.13 Å². The molecule has 1 N–H and O–H groups in total. The summed E-state index contributed by atoms with van der Waals surface area (Å²) in [6.07, 6.45) is -4.44. The first-order valence-electron chi connectivity index (χ1n) is 3.19. The standard InChI is InChI=1S/C5H6F3N3S/c1-2-9-4-10-3(11-12-4)5(6,7)8/h2H2,1H3,(H,9,10,11). The highest BCUT2D eigenvalue weighted by molar-refractivity contribution is 7.09. The predicted octanol–water partition coefficient (Wildman–Crippen LogP) is 1.99. The van der Waals surface area contributed by atoms with Crippen LogP contribution in [0.4, 0.5) is 18.3 Å². The monoisotopic (exact) mass is 197 g/mol. The van der Waals surface area contributed by atoms with Crippen molar-refractivity contribution in [2.45, 2.75) is 13.1 Å². The maximum atomic E-state index is 11.9. The van der Waals surface area contributed by atoms with Crippen molar-refractivity contribution in [3.63, 3.8) is 0 Å². The highest BCUT2D eigenvalue weighted by Crippen LogP contribution is 2.28. The molecule has 1 heterocycles. The molecule has 1 aromatic heterocycles. The number of alkyl halides is 3. The minimum absolute atomic E-state index is 0.199. The molecule has 0 amide bonds. The van der Waals surface area contributed by atoms with E-state index in [0.717, 1.165) is 0 Å². The Balaban J connectivity index is 2.77. The van der Waals surface area contributed by atoms with Crippen LogP contribution in [0, 0.1) is 0 Å². The molecule has 0 saturated carbocycles. The Morgan fingerprint density at radius 3 is 2.58 bits per heavy atom. The molecule has 0 aliphatic heterocycles. The molecule has 0 bridgehead atoms. The maximum absolute atomic E-state index is 11.9. The molecule has 0 aromatic carbocycles. The van der Waals surface area contributed by atoms with Gasteiger partial charge in [-0.3, -0.25) is 0 Å². The minimum Gasteiger partial charge on any atom is -0.361 e. The molecule has 3 nitrogen and oxygen atoms in total. The Morgan fingerprint density at radius 1 is 1.50 bits per heavy atom. The molecule has 0 unspecified atom stereocenters. The fourth-order valence-electron chi connectivity index (χ4n) is 0.562. The normalized spacial score (nSPS) is 11.7. The maximum Gasteiger partial charge on any atom is 0.452 e. The second kappa shape index (κ2) is 3.26. The Labute approximate surface area is 70.8 Å². The summed E-state index contributed by atoms with van der Waals surface area (Å²) in [6, 6.07) is 0. The van der Waals surface area contributed by atoms with Gasteiger partial charge in [0.1, 0.15) is 0 Å². The second-order valence-corrected chi connectivity index (χ2v) is 2.70. The van der Waals surface area contributed by atoms with Crippen molar-refractivity contribution >= 4 is 16.7 Å². The Kier molecular flexibility index (Phi) is 2.51. The van der Waals surface area contributed by atoms with E-state index in [0.29, 0.717) is 18.1 Å². The van der Waals surface area contributed by atoms with Gasteiger partial charge in [-0.25, -0.2) is 0 Å². The van der Waals surface area contributed by atoms with Crippen LogP contribution in [0.2, 0.25) is 0 Å². The van der Waals surface area contributed by atoms with E-state index in [9.17, 15) is 13.2 Å². The van der Waals surface area contributed by atoms with E-state index < -0.39 is 12.0 Å². The van der Waals surface area contributed by atoms with Crippen molar-refractivity contribution < 1.29 is 13.2 Å². The number of hydrogen-bond donors (Lipinski definition) is 1. The van der Waals surface area contributed by atoms with Crippen LogP contribution in [-0.4, -0.2) is 15.9 Å². The summed E-state index contributed by atoms with van der Waals surface area (Å²) in [7, 11) is 0. The van der Waals surface area contributed by atoms with Crippen LogP contribution in [-0.2, 0) is 6.18 Å². The van der Waals surface area contributed by atoms with Crippen LogP contribution in [0.3, 0.4) is 0 Å². The van der Waals surface area contributed by atoms with E-state index in [1.165, 1.54) is 0 Å². The van der Waals surface area contributed by atoms with E-state index in [1.54, 1.807) is 6.92 Å². The van der Waals surface area contributed by atoms with Crippen molar-refractivity contribution in [2.75, 3.05) is 11.9 Å². The Hall–Kier alpha value is -0.850. The van der Waals surface area contributed by atoms with Crippen molar-refractivity contribution in [1.29, 1.82) is 0 Å². The third-order valence-corrected chi connectivity index (χ3v) is 1.68. The summed E-state index contributed by atoms with van der Waals surface area (Å²) >= 11 is 0.709. The van der Waals surface area contributed by atoms with Crippen LogP contribution in [0.5, 0.6) is 0 Å². The van der Waals surface area contributed by atoms with Crippen LogP contribution >= 0.6 is 11.5 Å². The molecule has 1 rings (SSSR count). The number of hydrogen-bond acceptors (Lipinski definition) is 4. The highest BCUT2D eigenvalue weighted by atomic mass is 32.1. The van der Waals surface area contributed by atoms with E-state index in [4.69, 9.17) is 0 Å². The predicted molar refractivity (Wildman–Crippen MR) is 39.1 cm³/mol. The van der Waals surface area contributed by atoms with Gasteiger partial charge in [0.15, 0.2) is 0 Å². The zero-order chi connectivity index (χ0) is 9.19. The molecule has 0 fully saturated rings. The average Bonchev–Trinajstić information content (AvgIpc) is 2.35. The number of rotatable bonds is 2. The first kappa shape index (κ1) is 9.24. The second-order valence-electron chi connectivity index (χ2n) is 1.95. The summed E-state index contributed by atoms with van der Waals surface area (Å²) in [4.78, 5) is 3.24. The molecule has 7 heteroatoms. The number of anilines is 1. The van der Waals surface area contributed by atoms with Gasteiger partial charge in [-0.1, -0.05) is 0 Å². The Bertz CT molecular complexity index is 257. The minimum atomic E-state index is -4.44. The lowest BCUT2D eigenvalue weighted by Gasteiger charge is -1.98. The fraction of sp³-hybridized carbons (Fsp3) is 0.600. The molecule has 0 spiro atoms. The summed E-state index contributed by atoms with van der Waals surface area (Å²) in [5.74, 6) is -1.08. The van der Waals surface area contributed by atoms with Gasteiger partial charge in [0.05, 0.1) is 0 Å². The Morgan fingerprint density at radius 2 is 2.17 bits per heavy atom. The average molecular weight is 197 g/mol. The van der Waals surface area contributed by atoms with Crippen LogP contribution in [0.25, 0.3) is 0 Å². The fourth-order valence-corrected chi connectivity index (χ4v) is 1.22. The number of halogens is 3. The molecular weight excluding hydrogens is 191 g/mol. The van der Waals surface area contributed by atoms with Gasteiger partial charge in [-0.2, -0.15) is 22.5 Å². The first-order valence-corrected chi connectivity index (χ1v) is 3.96. The number of nitrogens with zero attached hydrogens (tertiary/aromatic N) is 2. The molecule has 68 valence electrons.